The molecule has 0 aliphatic heterocycles. The van der Waals surface area contributed by atoms with Crippen molar-refractivity contribution in [1.29, 1.82) is 0 Å². The van der Waals surface area contributed by atoms with E-state index in [0.717, 1.165) is 11.4 Å². The molecule has 106 valence electrons. The maximum Gasteiger partial charge on any atom is 0.272 e. The molecule has 0 saturated carbocycles. The van der Waals surface area contributed by atoms with Gasteiger partial charge in [-0.15, -0.1) is 0 Å². The molecule has 6 nitrogen and oxygen atoms in total. The largest absolute Gasteiger partial charge is 0.309 e. The predicted octanol–water partition coefficient (Wildman–Crippen LogP) is 2.59. The van der Waals surface area contributed by atoms with Crippen molar-refractivity contribution in [3.63, 3.8) is 0 Å². The average Bonchev–Trinajstić information content (AvgIpc) is 2.84. The molecule has 1 aromatic carbocycles. The van der Waals surface area contributed by atoms with Crippen LogP contribution < -0.4 is 5.32 Å². The van der Waals surface area contributed by atoms with E-state index >= 15 is 0 Å². The van der Waals surface area contributed by atoms with E-state index in [1.807, 2.05) is 12.3 Å². The number of benzene rings is 1. The number of aromatic nitrogens is 2. The molecule has 2 aromatic rings. The Kier molecular flexibility index (Phi) is 4.14. The highest BCUT2D eigenvalue weighted by Crippen LogP contribution is 2.20. The van der Waals surface area contributed by atoms with E-state index in [-0.39, 0.29) is 10.6 Å². The summed E-state index contributed by atoms with van der Waals surface area (Å²) in [5, 5.41) is 18.5. The number of aryl methyl sites for hydroxylation is 1. The highest BCUT2D eigenvalue weighted by atomic mass is 16.6. The molecule has 0 unspecified atom stereocenters. The molecule has 1 heterocycles. The van der Waals surface area contributed by atoms with Gasteiger partial charge >= 0.3 is 0 Å². The van der Waals surface area contributed by atoms with E-state index in [0.29, 0.717) is 18.2 Å². The fourth-order valence-electron chi connectivity index (χ4n) is 1.90. The predicted molar refractivity (Wildman–Crippen MR) is 76.9 cm³/mol. The topological polar surface area (TPSA) is 73.0 Å². The first kappa shape index (κ1) is 14.2. The minimum absolute atomic E-state index is 0.127. The van der Waals surface area contributed by atoms with Crippen LogP contribution in [0.4, 0.5) is 5.69 Å². The molecule has 0 amide bonds. The Labute approximate surface area is 117 Å². The first-order valence-electron chi connectivity index (χ1n) is 6.50. The second-order valence-corrected chi connectivity index (χ2v) is 5.02. The summed E-state index contributed by atoms with van der Waals surface area (Å²) >= 11 is 0. The van der Waals surface area contributed by atoms with Crippen LogP contribution in [0.25, 0.3) is 5.69 Å². The van der Waals surface area contributed by atoms with Crippen LogP contribution in [0.1, 0.15) is 25.1 Å². The number of nitro benzene ring substituents is 1. The molecule has 6 heteroatoms. The van der Waals surface area contributed by atoms with Crippen molar-refractivity contribution in [3.8, 4) is 5.69 Å². The second kappa shape index (κ2) is 5.83. The van der Waals surface area contributed by atoms with Gasteiger partial charge < -0.3 is 5.32 Å². The van der Waals surface area contributed by atoms with Gasteiger partial charge in [-0.2, -0.15) is 5.10 Å². The number of nitrogens with one attached hydrogen (secondary N) is 1. The maximum atomic E-state index is 10.8. The van der Waals surface area contributed by atoms with Crippen LogP contribution in [0, 0.1) is 17.0 Å². The molecule has 0 bridgehead atoms. The van der Waals surface area contributed by atoms with Crippen LogP contribution in [-0.2, 0) is 6.54 Å². The summed E-state index contributed by atoms with van der Waals surface area (Å²) in [6.45, 7) is 6.59. The van der Waals surface area contributed by atoms with Crippen molar-refractivity contribution < 1.29 is 4.92 Å². The van der Waals surface area contributed by atoms with Crippen molar-refractivity contribution in [2.75, 3.05) is 0 Å². The van der Waals surface area contributed by atoms with Gasteiger partial charge in [0, 0.05) is 30.4 Å². The van der Waals surface area contributed by atoms with E-state index < -0.39 is 0 Å². The standard InChI is InChI=1S/C14H18N4O2/c1-10(2)15-9-12-6-7-17(16-12)13-4-5-14(18(19)20)11(3)8-13/h4-8,10,15H,9H2,1-3H3. The van der Waals surface area contributed by atoms with Gasteiger partial charge in [-0.1, -0.05) is 13.8 Å². The lowest BCUT2D eigenvalue weighted by molar-refractivity contribution is -0.385. The molecule has 0 saturated heterocycles. The van der Waals surface area contributed by atoms with E-state index in [1.54, 1.807) is 23.7 Å². The Balaban J connectivity index is 2.20. The molecule has 2 rings (SSSR count). The van der Waals surface area contributed by atoms with Crippen LogP contribution in [0.3, 0.4) is 0 Å². The molecule has 0 radical (unpaired) electrons. The van der Waals surface area contributed by atoms with Gasteiger partial charge in [0.2, 0.25) is 0 Å². The molecule has 0 spiro atoms. The minimum Gasteiger partial charge on any atom is -0.309 e. The zero-order chi connectivity index (χ0) is 14.7. The summed E-state index contributed by atoms with van der Waals surface area (Å²) in [5.74, 6) is 0. The summed E-state index contributed by atoms with van der Waals surface area (Å²) in [6.07, 6.45) is 1.86. The Morgan fingerprint density at radius 3 is 2.75 bits per heavy atom. The molecule has 1 N–H and O–H groups in total. The maximum absolute atomic E-state index is 10.8. The monoisotopic (exact) mass is 274 g/mol. The molecule has 0 atom stereocenters. The molecule has 0 aliphatic rings. The quantitative estimate of drug-likeness (QED) is 0.672. The van der Waals surface area contributed by atoms with E-state index in [9.17, 15) is 10.1 Å². The van der Waals surface area contributed by atoms with Gasteiger partial charge in [0.25, 0.3) is 5.69 Å². The summed E-state index contributed by atoms with van der Waals surface area (Å²) in [7, 11) is 0. The average molecular weight is 274 g/mol. The summed E-state index contributed by atoms with van der Waals surface area (Å²) < 4.78 is 1.73. The lowest BCUT2D eigenvalue weighted by atomic mass is 10.2. The van der Waals surface area contributed by atoms with E-state index in [4.69, 9.17) is 0 Å². The summed E-state index contributed by atoms with van der Waals surface area (Å²) in [4.78, 5) is 10.4. The molecule has 1 aromatic heterocycles. The zero-order valence-corrected chi connectivity index (χ0v) is 11.8. The SMILES string of the molecule is Cc1cc(-n2ccc(CNC(C)C)n2)ccc1[N+](=O)[O-]. The van der Waals surface area contributed by atoms with E-state index in [2.05, 4.69) is 24.3 Å². The van der Waals surface area contributed by atoms with Crippen LogP contribution in [0.15, 0.2) is 30.5 Å². The van der Waals surface area contributed by atoms with Gasteiger partial charge in [-0.25, -0.2) is 4.68 Å². The third-order valence-corrected chi connectivity index (χ3v) is 2.98. The van der Waals surface area contributed by atoms with Gasteiger partial charge in [-0.05, 0) is 25.1 Å². The fraction of sp³-hybridized carbons (Fsp3) is 0.357. The Morgan fingerprint density at radius 2 is 2.15 bits per heavy atom. The first-order chi connectivity index (χ1) is 9.47. The molecule has 20 heavy (non-hydrogen) atoms. The minimum atomic E-state index is -0.375. The number of hydrogen-bond acceptors (Lipinski definition) is 4. The van der Waals surface area contributed by atoms with Crippen LogP contribution in [0.5, 0.6) is 0 Å². The van der Waals surface area contributed by atoms with Crippen LogP contribution >= 0.6 is 0 Å². The lowest BCUT2D eigenvalue weighted by Gasteiger charge is -2.06. The summed E-state index contributed by atoms with van der Waals surface area (Å²) in [6, 6.07) is 7.33. The van der Waals surface area contributed by atoms with Gasteiger partial charge in [0.05, 0.1) is 16.3 Å². The number of hydrogen-bond donors (Lipinski definition) is 1. The Bertz CT molecular complexity index is 619. The number of nitrogens with zero attached hydrogens (tertiary/aromatic N) is 3. The van der Waals surface area contributed by atoms with Gasteiger partial charge in [0.15, 0.2) is 0 Å². The van der Waals surface area contributed by atoms with Crippen molar-refractivity contribution in [3.05, 3.63) is 51.8 Å². The molecule has 0 fully saturated rings. The zero-order valence-electron chi connectivity index (χ0n) is 11.8. The molecular weight excluding hydrogens is 256 g/mol. The van der Waals surface area contributed by atoms with Crippen molar-refractivity contribution in [2.45, 2.75) is 33.4 Å². The fourth-order valence-corrected chi connectivity index (χ4v) is 1.90. The normalized spacial score (nSPS) is 11.0. The highest BCUT2D eigenvalue weighted by molar-refractivity contribution is 5.47. The smallest absolute Gasteiger partial charge is 0.272 e. The number of nitro groups is 1. The van der Waals surface area contributed by atoms with Gasteiger partial charge in [-0.3, -0.25) is 10.1 Å². The molecular formula is C14H18N4O2. The third-order valence-electron chi connectivity index (χ3n) is 2.98. The van der Waals surface area contributed by atoms with Crippen LogP contribution in [0.2, 0.25) is 0 Å². The first-order valence-corrected chi connectivity index (χ1v) is 6.50. The number of rotatable bonds is 5. The third kappa shape index (κ3) is 3.21. The van der Waals surface area contributed by atoms with Crippen molar-refractivity contribution in [1.82, 2.24) is 15.1 Å². The summed E-state index contributed by atoms with van der Waals surface area (Å²) in [5.41, 5.74) is 2.52. The Hall–Kier alpha value is -2.21. The molecule has 0 aliphatic carbocycles. The van der Waals surface area contributed by atoms with E-state index in [1.165, 1.54) is 6.07 Å². The van der Waals surface area contributed by atoms with Crippen LogP contribution in [-0.4, -0.2) is 20.7 Å². The Morgan fingerprint density at radius 1 is 1.40 bits per heavy atom. The van der Waals surface area contributed by atoms with Gasteiger partial charge in [0.1, 0.15) is 0 Å². The highest BCUT2D eigenvalue weighted by Gasteiger charge is 2.11. The van der Waals surface area contributed by atoms with Crippen molar-refractivity contribution >= 4 is 5.69 Å². The second-order valence-electron chi connectivity index (χ2n) is 5.02. The van der Waals surface area contributed by atoms with Crippen molar-refractivity contribution in [2.24, 2.45) is 0 Å². The lowest BCUT2D eigenvalue weighted by Crippen LogP contribution is -2.22.